The van der Waals surface area contributed by atoms with Crippen molar-refractivity contribution in [3.63, 3.8) is 0 Å². The fourth-order valence-electron chi connectivity index (χ4n) is 2.82. The number of thiazole rings is 1. The number of nitrogens with one attached hydrogen (secondary N) is 1. The molecule has 0 aliphatic heterocycles. The third-order valence-corrected chi connectivity index (χ3v) is 5.06. The van der Waals surface area contributed by atoms with Crippen LogP contribution >= 0.6 is 11.3 Å². The lowest BCUT2D eigenvalue weighted by Gasteiger charge is -2.04. The van der Waals surface area contributed by atoms with Gasteiger partial charge in [0.05, 0.1) is 10.2 Å². The monoisotopic (exact) mass is 392 g/mol. The first-order valence-corrected chi connectivity index (χ1v) is 9.85. The Labute approximate surface area is 168 Å². The fourth-order valence-corrected chi connectivity index (χ4v) is 3.68. The Morgan fingerprint density at radius 3 is 3.07 bits per heavy atom. The van der Waals surface area contributed by atoms with E-state index in [1.165, 1.54) is 35.1 Å². The average Bonchev–Trinajstić information content (AvgIpc) is 2.92. The number of allylic oxidation sites excluding steroid dienone is 11. The van der Waals surface area contributed by atoms with Crippen LogP contribution in [0.3, 0.4) is 0 Å². The predicted octanol–water partition coefficient (Wildman–Crippen LogP) is 6.27. The van der Waals surface area contributed by atoms with Crippen molar-refractivity contribution in [2.24, 2.45) is 0 Å². The molecule has 1 aromatic heterocycles. The summed E-state index contributed by atoms with van der Waals surface area (Å²) in [5.41, 5.74) is 3.91. The average molecular weight is 392 g/mol. The zero-order valence-corrected chi connectivity index (χ0v) is 16.4. The molecule has 1 aromatic carbocycles. The van der Waals surface area contributed by atoms with Crippen LogP contribution in [0.5, 0.6) is 0 Å². The van der Waals surface area contributed by atoms with Gasteiger partial charge in [0.25, 0.3) is 0 Å². The number of anilines is 1. The van der Waals surface area contributed by atoms with Crippen LogP contribution in [-0.4, -0.2) is 11.3 Å². The first-order chi connectivity index (χ1) is 13.7. The molecule has 0 spiro atoms. The molecule has 0 saturated carbocycles. The van der Waals surface area contributed by atoms with E-state index in [1.807, 2.05) is 31.2 Å². The van der Waals surface area contributed by atoms with Crippen molar-refractivity contribution in [1.82, 2.24) is 4.98 Å². The second kappa shape index (κ2) is 9.76. The number of halogens is 1. The summed E-state index contributed by atoms with van der Waals surface area (Å²) in [4.78, 5) is 14.9. The zero-order chi connectivity index (χ0) is 19.8. The molecule has 3 nitrogen and oxygen atoms in total. The highest BCUT2D eigenvalue weighted by molar-refractivity contribution is 7.22. The van der Waals surface area contributed by atoms with Crippen LogP contribution in [0.15, 0.2) is 89.7 Å². The molecule has 142 valence electrons. The lowest BCUT2D eigenvalue weighted by Crippen LogP contribution is -1.95. The topological polar surface area (TPSA) is 42.0 Å². The van der Waals surface area contributed by atoms with Crippen molar-refractivity contribution in [1.29, 1.82) is 0 Å². The molecule has 0 fully saturated rings. The maximum absolute atomic E-state index is 13.4. The van der Waals surface area contributed by atoms with Gasteiger partial charge in [-0.25, -0.2) is 9.37 Å². The van der Waals surface area contributed by atoms with E-state index in [0.29, 0.717) is 11.9 Å². The highest BCUT2D eigenvalue weighted by Crippen LogP contribution is 2.28. The van der Waals surface area contributed by atoms with E-state index in [4.69, 9.17) is 0 Å². The number of hydrogen-bond donors (Lipinski definition) is 1. The number of aldehydes is 1. The third kappa shape index (κ3) is 5.24. The highest BCUT2D eigenvalue weighted by Gasteiger charge is 2.07. The van der Waals surface area contributed by atoms with Gasteiger partial charge < -0.3 is 5.32 Å². The smallest absolute Gasteiger partial charge is 0.188 e. The maximum Gasteiger partial charge on any atom is 0.188 e. The number of rotatable bonds is 7. The molecule has 5 heteroatoms. The number of carbonyl (C=O) groups excluding carboxylic acids is 1. The SMILES string of the molecule is C/C=C\C(=C/C/C=C/C=O)C1=CC=C(Nc2nc3cc(F)ccc3s2)C=CC1. The van der Waals surface area contributed by atoms with E-state index in [2.05, 4.69) is 34.6 Å². The molecule has 3 rings (SSSR count). The summed E-state index contributed by atoms with van der Waals surface area (Å²) in [5.74, 6) is -0.281. The number of carbonyl (C=O) groups is 1. The molecule has 1 heterocycles. The maximum atomic E-state index is 13.4. The van der Waals surface area contributed by atoms with Gasteiger partial charge in [0.2, 0.25) is 0 Å². The summed E-state index contributed by atoms with van der Waals surface area (Å²) in [6.07, 6.45) is 20.1. The lowest BCUT2D eigenvalue weighted by molar-refractivity contribution is -0.104. The molecule has 0 radical (unpaired) electrons. The fraction of sp³-hybridized carbons (Fsp3) is 0.130. The van der Waals surface area contributed by atoms with Gasteiger partial charge in [0.15, 0.2) is 5.13 Å². The second-order valence-corrected chi connectivity index (χ2v) is 7.17. The quantitative estimate of drug-likeness (QED) is 0.343. The van der Waals surface area contributed by atoms with E-state index in [-0.39, 0.29) is 5.82 Å². The molecule has 1 aliphatic rings. The van der Waals surface area contributed by atoms with Crippen LogP contribution in [0.2, 0.25) is 0 Å². The van der Waals surface area contributed by atoms with Gasteiger partial charge in [-0.2, -0.15) is 0 Å². The van der Waals surface area contributed by atoms with Gasteiger partial charge in [0, 0.05) is 11.8 Å². The Morgan fingerprint density at radius 2 is 2.25 bits per heavy atom. The third-order valence-electron chi connectivity index (χ3n) is 4.11. The summed E-state index contributed by atoms with van der Waals surface area (Å²) in [7, 11) is 0. The first-order valence-electron chi connectivity index (χ1n) is 9.03. The number of fused-ring (bicyclic) bond motifs is 1. The Bertz CT molecular complexity index is 1040. The highest BCUT2D eigenvalue weighted by atomic mass is 32.1. The van der Waals surface area contributed by atoms with Gasteiger partial charge in [-0.3, -0.25) is 4.79 Å². The van der Waals surface area contributed by atoms with E-state index in [9.17, 15) is 9.18 Å². The van der Waals surface area contributed by atoms with Gasteiger partial charge in [-0.15, -0.1) is 0 Å². The van der Waals surface area contributed by atoms with Crippen LogP contribution in [0.25, 0.3) is 10.2 Å². The van der Waals surface area contributed by atoms with Crippen molar-refractivity contribution in [3.05, 3.63) is 95.5 Å². The van der Waals surface area contributed by atoms with Crippen LogP contribution in [0, 0.1) is 5.82 Å². The molecule has 0 atom stereocenters. The van der Waals surface area contributed by atoms with Gasteiger partial charge in [-0.1, -0.05) is 47.8 Å². The van der Waals surface area contributed by atoms with Crippen LogP contribution in [0.1, 0.15) is 19.8 Å². The predicted molar refractivity (Wildman–Crippen MR) is 116 cm³/mol. The van der Waals surface area contributed by atoms with Crippen LogP contribution < -0.4 is 5.32 Å². The molecule has 1 N–H and O–H groups in total. The minimum absolute atomic E-state index is 0.281. The Kier molecular flexibility index (Phi) is 6.87. The van der Waals surface area contributed by atoms with Crippen molar-refractivity contribution in [3.8, 4) is 0 Å². The van der Waals surface area contributed by atoms with E-state index >= 15 is 0 Å². The van der Waals surface area contributed by atoms with E-state index in [0.717, 1.165) is 33.8 Å². The summed E-state index contributed by atoms with van der Waals surface area (Å²) in [5, 5.41) is 4.04. The Balaban J connectivity index is 1.79. The summed E-state index contributed by atoms with van der Waals surface area (Å²) in [6.45, 7) is 1.99. The second-order valence-electron chi connectivity index (χ2n) is 6.14. The minimum Gasteiger partial charge on any atom is -0.332 e. The molecule has 0 unspecified atom stereocenters. The molecule has 2 aromatic rings. The first kappa shape index (κ1) is 19.7. The molecule has 0 amide bonds. The number of hydrogen-bond acceptors (Lipinski definition) is 4. The largest absolute Gasteiger partial charge is 0.332 e. The van der Waals surface area contributed by atoms with Crippen LogP contribution in [-0.2, 0) is 4.79 Å². The van der Waals surface area contributed by atoms with Gasteiger partial charge in [-0.05, 0) is 61.3 Å². The molecular formula is C23H21FN2OS. The molecule has 0 bridgehead atoms. The van der Waals surface area contributed by atoms with Gasteiger partial charge >= 0.3 is 0 Å². The van der Waals surface area contributed by atoms with Crippen molar-refractivity contribution in [2.45, 2.75) is 19.8 Å². The Hall–Kier alpha value is -3.05. The summed E-state index contributed by atoms with van der Waals surface area (Å²) in [6, 6.07) is 4.64. The molecule has 28 heavy (non-hydrogen) atoms. The normalized spacial score (nSPS) is 15.1. The number of nitrogens with zero attached hydrogens (tertiary/aromatic N) is 1. The lowest BCUT2D eigenvalue weighted by atomic mass is 10.0. The van der Waals surface area contributed by atoms with Crippen molar-refractivity contribution in [2.75, 3.05) is 5.32 Å². The van der Waals surface area contributed by atoms with Crippen molar-refractivity contribution >= 4 is 33.0 Å². The van der Waals surface area contributed by atoms with E-state index in [1.54, 1.807) is 6.07 Å². The zero-order valence-electron chi connectivity index (χ0n) is 15.6. The Morgan fingerprint density at radius 1 is 1.36 bits per heavy atom. The summed E-state index contributed by atoms with van der Waals surface area (Å²) < 4.78 is 14.3. The minimum atomic E-state index is -0.281. The summed E-state index contributed by atoms with van der Waals surface area (Å²) >= 11 is 1.49. The number of benzene rings is 1. The molecule has 0 saturated heterocycles. The van der Waals surface area contributed by atoms with Gasteiger partial charge in [0.1, 0.15) is 12.1 Å². The molecule has 1 aliphatic carbocycles. The van der Waals surface area contributed by atoms with Crippen LogP contribution in [0.4, 0.5) is 9.52 Å². The number of aromatic nitrogens is 1. The van der Waals surface area contributed by atoms with E-state index < -0.39 is 0 Å². The van der Waals surface area contributed by atoms with Crippen molar-refractivity contribution < 1.29 is 9.18 Å². The standard InChI is InChI=1S/C23H21FN2OS/c1-2-7-17(8-4-3-5-15-27)18-9-6-10-20(13-11-18)25-23-26-21-16-19(24)12-14-22(21)28-23/h2-3,5-8,10-16H,4,9H2,1H3,(H,25,26)/b5-3+,7-2-,17-8+. The molecular weight excluding hydrogens is 371 g/mol.